The first-order chi connectivity index (χ1) is 15.2. The van der Waals surface area contributed by atoms with Gasteiger partial charge in [-0.3, -0.25) is 9.48 Å². The van der Waals surface area contributed by atoms with E-state index in [0.29, 0.717) is 19.5 Å². The van der Waals surface area contributed by atoms with Crippen LogP contribution in [0.3, 0.4) is 0 Å². The summed E-state index contributed by atoms with van der Waals surface area (Å²) in [6.45, 7) is 1.34. The van der Waals surface area contributed by atoms with Gasteiger partial charge >= 0.3 is 0 Å². The molecular weight excluding hydrogens is 382 g/mol. The second-order valence-corrected chi connectivity index (χ2v) is 8.21. The monoisotopic (exact) mass is 407 g/mol. The first kappa shape index (κ1) is 19.3. The van der Waals surface area contributed by atoms with Crippen LogP contribution in [0.2, 0.25) is 0 Å². The molecule has 1 amide bonds. The van der Waals surface area contributed by atoms with E-state index in [1.165, 1.54) is 22.3 Å². The van der Waals surface area contributed by atoms with Crippen LogP contribution in [0.25, 0.3) is 11.1 Å². The predicted octanol–water partition coefficient (Wildman–Crippen LogP) is 4.80. The van der Waals surface area contributed by atoms with Gasteiger partial charge < -0.3 is 4.90 Å². The van der Waals surface area contributed by atoms with Crippen molar-refractivity contribution in [3.8, 4) is 11.1 Å². The van der Waals surface area contributed by atoms with Gasteiger partial charge in [-0.25, -0.2) is 0 Å². The predicted molar refractivity (Wildman–Crippen MR) is 122 cm³/mol. The van der Waals surface area contributed by atoms with Crippen LogP contribution < -0.4 is 0 Å². The number of hydrogen-bond acceptors (Lipinski definition) is 2. The lowest BCUT2D eigenvalue weighted by Crippen LogP contribution is -2.39. The van der Waals surface area contributed by atoms with Crippen molar-refractivity contribution in [3.63, 3.8) is 0 Å². The number of carbonyl (C=O) groups excluding carboxylic acids is 1. The van der Waals surface area contributed by atoms with Gasteiger partial charge in [0, 0.05) is 32.3 Å². The van der Waals surface area contributed by atoms with Gasteiger partial charge in [-0.15, -0.1) is 0 Å². The summed E-state index contributed by atoms with van der Waals surface area (Å²) in [5.74, 6) is 0.318. The van der Waals surface area contributed by atoms with Crippen LogP contribution in [0.4, 0.5) is 0 Å². The Kier molecular flexibility index (Phi) is 5.13. The summed E-state index contributed by atoms with van der Waals surface area (Å²) in [7, 11) is 1.93. The molecule has 0 radical (unpaired) electrons. The molecule has 0 saturated heterocycles. The van der Waals surface area contributed by atoms with Crippen molar-refractivity contribution in [2.45, 2.75) is 18.9 Å². The minimum atomic E-state index is 0.156. The Bertz CT molecular complexity index is 1190. The SMILES string of the molecule is Cn1cc(C2CN(C(=O)Cc3ccc(-c4ccccc4)cc3)Cc3ccccc32)cn1. The quantitative estimate of drug-likeness (QED) is 0.487. The summed E-state index contributed by atoms with van der Waals surface area (Å²) in [4.78, 5) is 15.2. The first-order valence-electron chi connectivity index (χ1n) is 10.7. The van der Waals surface area contributed by atoms with E-state index in [0.717, 1.165) is 11.1 Å². The Balaban J connectivity index is 1.35. The van der Waals surface area contributed by atoms with Crippen LogP contribution >= 0.6 is 0 Å². The second-order valence-electron chi connectivity index (χ2n) is 8.21. The zero-order valence-electron chi connectivity index (χ0n) is 17.6. The molecule has 0 N–H and O–H groups in total. The minimum absolute atomic E-state index is 0.156. The highest BCUT2D eigenvalue weighted by atomic mass is 16.2. The van der Waals surface area contributed by atoms with E-state index in [1.807, 2.05) is 41.0 Å². The van der Waals surface area contributed by atoms with Gasteiger partial charge in [0.25, 0.3) is 0 Å². The lowest BCUT2D eigenvalue weighted by atomic mass is 9.86. The number of benzene rings is 3. The lowest BCUT2D eigenvalue weighted by Gasteiger charge is -2.34. The average Bonchev–Trinajstić information content (AvgIpc) is 3.25. The van der Waals surface area contributed by atoms with Gasteiger partial charge in [0.15, 0.2) is 0 Å². The fraction of sp³-hybridized carbons (Fsp3) is 0.185. The first-order valence-corrected chi connectivity index (χ1v) is 10.7. The molecule has 0 aliphatic carbocycles. The van der Waals surface area contributed by atoms with E-state index in [4.69, 9.17) is 0 Å². The van der Waals surface area contributed by atoms with Crippen molar-refractivity contribution in [2.24, 2.45) is 7.05 Å². The third-order valence-electron chi connectivity index (χ3n) is 6.09. The Labute approximate surface area is 182 Å². The second kappa shape index (κ2) is 8.23. The molecule has 4 aromatic rings. The van der Waals surface area contributed by atoms with Crippen molar-refractivity contribution in [1.29, 1.82) is 0 Å². The average molecular weight is 408 g/mol. The molecule has 31 heavy (non-hydrogen) atoms. The summed E-state index contributed by atoms with van der Waals surface area (Å²) in [6, 6.07) is 27.1. The molecule has 0 fully saturated rings. The highest BCUT2D eigenvalue weighted by Crippen LogP contribution is 2.33. The normalized spacial score (nSPS) is 15.5. The molecule has 2 heterocycles. The van der Waals surface area contributed by atoms with Crippen LogP contribution in [-0.4, -0.2) is 27.1 Å². The highest BCUT2D eigenvalue weighted by Gasteiger charge is 2.29. The van der Waals surface area contributed by atoms with Gasteiger partial charge in [-0.1, -0.05) is 78.9 Å². The molecular formula is C27H25N3O. The van der Waals surface area contributed by atoms with Crippen LogP contribution in [0.1, 0.15) is 28.2 Å². The van der Waals surface area contributed by atoms with Gasteiger partial charge in [0.1, 0.15) is 0 Å². The molecule has 3 aromatic carbocycles. The number of carbonyl (C=O) groups is 1. The minimum Gasteiger partial charge on any atom is -0.337 e. The van der Waals surface area contributed by atoms with E-state index in [1.54, 1.807) is 0 Å². The summed E-state index contributed by atoms with van der Waals surface area (Å²) in [5, 5.41) is 4.35. The molecule has 4 heteroatoms. The molecule has 154 valence electrons. The van der Waals surface area contributed by atoms with Crippen LogP contribution in [0.15, 0.2) is 91.3 Å². The molecule has 1 aliphatic rings. The number of hydrogen-bond donors (Lipinski definition) is 0. The van der Waals surface area contributed by atoms with Crippen molar-refractivity contribution < 1.29 is 4.79 Å². The fourth-order valence-corrected chi connectivity index (χ4v) is 4.43. The van der Waals surface area contributed by atoms with Crippen molar-refractivity contribution in [3.05, 3.63) is 114 Å². The summed E-state index contributed by atoms with van der Waals surface area (Å²) in [6.07, 6.45) is 4.38. The highest BCUT2D eigenvalue weighted by molar-refractivity contribution is 5.79. The number of amides is 1. The molecule has 5 rings (SSSR count). The number of fused-ring (bicyclic) bond motifs is 1. The van der Waals surface area contributed by atoms with Crippen molar-refractivity contribution in [2.75, 3.05) is 6.54 Å². The number of rotatable bonds is 4. The van der Waals surface area contributed by atoms with E-state index in [-0.39, 0.29) is 11.8 Å². The molecule has 1 unspecified atom stereocenters. The molecule has 1 aliphatic heterocycles. The maximum absolute atomic E-state index is 13.2. The summed E-state index contributed by atoms with van der Waals surface area (Å²) in [5.41, 5.74) is 7.07. The number of nitrogens with zero attached hydrogens (tertiary/aromatic N) is 3. The van der Waals surface area contributed by atoms with Gasteiger partial charge in [-0.2, -0.15) is 5.10 Å². The van der Waals surface area contributed by atoms with Gasteiger partial charge in [-0.05, 0) is 33.4 Å². The van der Waals surface area contributed by atoms with Crippen molar-refractivity contribution in [1.82, 2.24) is 14.7 Å². The zero-order chi connectivity index (χ0) is 21.2. The summed E-state index contributed by atoms with van der Waals surface area (Å²) >= 11 is 0. The van der Waals surface area contributed by atoms with E-state index in [2.05, 4.69) is 72.0 Å². The maximum atomic E-state index is 13.2. The van der Waals surface area contributed by atoms with E-state index >= 15 is 0 Å². The Hall–Kier alpha value is -3.66. The Morgan fingerprint density at radius 2 is 1.65 bits per heavy atom. The Morgan fingerprint density at radius 3 is 2.39 bits per heavy atom. The Morgan fingerprint density at radius 1 is 0.935 bits per heavy atom. The zero-order valence-corrected chi connectivity index (χ0v) is 17.6. The molecule has 0 bridgehead atoms. The molecule has 0 saturated carbocycles. The molecule has 1 aromatic heterocycles. The number of aryl methyl sites for hydroxylation is 1. The topological polar surface area (TPSA) is 38.1 Å². The fourth-order valence-electron chi connectivity index (χ4n) is 4.43. The van der Waals surface area contributed by atoms with E-state index < -0.39 is 0 Å². The standard InChI is InChI=1S/C27H25N3O/c1-29-17-24(16-28-29)26-19-30(18-23-9-5-6-10-25(23)26)27(31)15-20-11-13-22(14-12-20)21-7-3-2-4-8-21/h2-14,16-17,26H,15,18-19H2,1H3. The molecule has 1 atom stereocenters. The van der Waals surface area contributed by atoms with Gasteiger partial charge in [0.2, 0.25) is 5.91 Å². The van der Waals surface area contributed by atoms with E-state index in [9.17, 15) is 4.79 Å². The molecule has 0 spiro atoms. The molecule has 4 nitrogen and oxygen atoms in total. The van der Waals surface area contributed by atoms with Crippen LogP contribution in [-0.2, 0) is 24.8 Å². The van der Waals surface area contributed by atoms with Gasteiger partial charge in [0.05, 0.1) is 12.6 Å². The van der Waals surface area contributed by atoms with Crippen LogP contribution in [0.5, 0.6) is 0 Å². The maximum Gasteiger partial charge on any atom is 0.227 e. The van der Waals surface area contributed by atoms with Crippen molar-refractivity contribution >= 4 is 5.91 Å². The largest absolute Gasteiger partial charge is 0.337 e. The smallest absolute Gasteiger partial charge is 0.227 e. The van der Waals surface area contributed by atoms with Crippen LogP contribution in [0, 0.1) is 0 Å². The lowest BCUT2D eigenvalue weighted by molar-refractivity contribution is -0.131. The third-order valence-corrected chi connectivity index (χ3v) is 6.09. The summed E-state index contributed by atoms with van der Waals surface area (Å²) < 4.78 is 1.83. The number of aromatic nitrogens is 2. The third kappa shape index (κ3) is 4.02.